The number of fused-ring (bicyclic) bond motifs is 1. The molecule has 1 aliphatic carbocycles. The highest BCUT2D eigenvalue weighted by Crippen LogP contribution is 2.33. The van der Waals surface area contributed by atoms with Crippen LogP contribution >= 0.6 is 0 Å². The molecule has 10 heteroatoms. The van der Waals surface area contributed by atoms with Crippen LogP contribution < -0.4 is 0 Å². The third-order valence-corrected chi connectivity index (χ3v) is 5.07. The number of nitrogens with zero attached hydrogens (tertiary/aromatic N) is 3. The lowest BCUT2D eigenvalue weighted by Gasteiger charge is -2.27. The normalized spacial score (nSPS) is 16.7. The summed E-state index contributed by atoms with van der Waals surface area (Å²) in [6.07, 6.45) is 0.459. The molecule has 0 atom stereocenters. The molecule has 2 aliphatic rings. The number of furan rings is 1. The maximum atomic E-state index is 10.6. The monoisotopic (exact) mass is 429 g/mol. The maximum Gasteiger partial charge on any atom is 0.490 e. The highest BCUT2D eigenvalue weighted by Gasteiger charge is 2.38. The highest BCUT2D eigenvalue weighted by molar-refractivity contribution is 5.73. The van der Waals surface area contributed by atoms with Crippen LogP contribution in [0.1, 0.15) is 42.5 Å². The SMILES string of the molecule is CCOCc1nn(CC2CC2)c2c1CN(Cc1ccco1)CC2.O=C(O)C(F)(F)F. The molecule has 4 rings (SSSR count). The molecule has 3 heterocycles. The Hall–Kier alpha value is -2.33. The maximum absolute atomic E-state index is 10.6. The van der Waals surface area contributed by atoms with E-state index < -0.39 is 12.1 Å². The van der Waals surface area contributed by atoms with Gasteiger partial charge in [-0.1, -0.05) is 0 Å². The predicted octanol–water partition coefficient (Wildman–Crippen LogP) is 3.61. The Bertz CT molecular complexity index is 829. The van der Waals surface area contributed by atoms with Gasteiger partial charge in [0.05, 0.1) is 25.1 Å². The van der Waals surface area contributed by atoms with Crippen LogP contribution in [0.25, 0.3) is 0 Å². The number of hydrogen-bond donors (Lipinski definition) is 1. The van der Waals surface area contributed by atoms with E-state index in [0.29, 0.717) is 6.61 Å². The third kappa shape index (κ3) is 6.09. The molecular weight excluding hydrogens is 403 g/mol. The zero-order valence-electron chi connectivity index (χ0n) is 16.8. The van der Waals surface area contributed by atoms with Gasteiger partial charge in [-0.25, -0.2) is 4.79 Å². The van der Waals surface area contributed by atoms with E-state index in [2.05, 4.69) is 9.58 Å². The van der Waals surface area contributed by atoms with E-state index in [1.54, 1.807) is 6.26 Å². The van der Waals surface area contributed by atoms with E-state index in [1.807, 2.05) is 19.1 Å². The molecule has 2 aromatic rings. The van der Waals surface area contributed by atoms with E-state index >= 15 is 0 Å². The fourth-order valence-electron chi connectivity index (χ4n) is 3.39. The van der Waals surface area contributed by atoms with E-state index in [1.165, 1.54) is 24.1 Å². The number of rotatable bonds is 7. The zero-order valence-corrected chi connectivity index (χ0v) is 16.8. The van der Waals surface area contributed by atoms with Gasteiger partial charge in [-0.2, -0.15) is 18.3 Å². The minimum absolute atomic E-state index is 0.630. The molecule has 0 bridgehead atoms. The third-order valence-electron chi connectivity index (χ3n) is 5.07. The Morgan fingerprint density at radius 3 is 2.70 bits per heavy atom. The van der Waals surface area contributed by atoms with Crippen LogP contribution in [0.3, 0.4) is 0 Å². The van der Waals surface area contributed by atoms with Crippen LogP contribution in [0.2, 0.25) is 0 Å². The molecule has 1 fully saturated rings. The molecule has 30 heavy (non-hydrogen) atoms. The average molecular weight is 429 g/mol. The van der Waals surface area contributed by atoms with Gasteiger partial charge in [0.15, 0.2) is 0 Å². The largest absolute Gasteiger partial charge is 0.490 e. The molecule has 0 saturated heterocycles. The first-order chi connectivity index (χ1) is 14.3. The van der Waals surface area contributed by atoms with Crippen LogP contribution in [0.4, 0.5) is 13.2 Å². The first-order valence-corrected chi connectivity index (χ1v) is 9.98. The lowest BCUT2D eigenvalue weighted by atomic mass is 10.0. The summed E-state index contributed by atoms with van der Waals surface area (Å²) in [4.78, 5) is 11.3. The Balaban J connectivity index is 0.000000318. The molecule has 1 saturated carbocycles. The summed E-state index contributed by atoms with van der Waals surface area (Å²) in [5, 5.41) is 12.0. The Morgan fingerprint density at radius 2 is 2.13 bits per heavy atom. The summed E-state index contributed by atoms with van der Waals surface area (Å²) in [5.74, 6) is -0.877. The number of alkyl halides is 3. The van der Waals surface area contributed by atoms with Gasteiger partial charge in [0.2, 0.25) is 0 Å². The van der Waals surface area contributed by atoms with Crippen molar-refractivity contribution >= 4 is 5.97 Å². The molecular formula is C20H26F3N3O4. The molecule has 0 unspecified atom stereocenters. The molecule has 1 N–H and O–H groups in total. The molecule has 7 nitrogen and oxygen atoms in total. The number of carbonyl (C=O) groups is 1. The minimum atomic E-state index is -5.08. The van der Waals surface area contributed by atoms with Crippen molar-refractivity contribution in [3.8, 4) is 0 Å². The van der Waals surface area contributed by atoms with Crippen LogP contribution in [-0.4, -0.2) is 45.1 Å². The van der Waals surface area contributed by atoms with Crippen molar-refractivity contribution in [3.63, 3.8) is 0 Å². The van der Waals surface area contributed by atoms with Crippen LogP contribution in [0.15, 0.2) is 22.8 Å². The molecule has 1 aliphatic heterocycles. The number of ether oxygens (including phenoxy) is 1. The topological polar surface area (TPSA) is 80.7 Å². The van der Waals surface area contributed by atoms with Crippen molar-refractivity contribution in [2.75, 3.05) is 13.2 Å². The number of carboxylic acid groups (broad SMARTS) is 1. The Labute approximate surface area is 172 Å². The van der Waals surface area contributed by atoms with Gasteiger partial charge >= 0.3 is 12.1 Å². The second kappa shape index (κ2) is 9.65. The summed E-state index contributed by atoms with van der Waals surface area (Å²) in [6, 6.07) is 4.01. The van der Waals surface area contributed by atoms with Gasteiger partial charge in [-0.05, 0) is 37.8 Å². The summed E-state index contributed by atoms with van der Waals surface area (Å²) in [5.41, 5.74) is 3.95. The van der Waals surface area contributed by atoms with Crippen molar-refractivity contribution in [1.29, 1.82) is 0 Å². The molecule has 0 aromatic carbocycles. The Morgan fingerprint density at radius 1 is 1.40 bits per heavy atom. The Kier molecular flexibility index (Phi) is 7.19. The molecule has 0 amide bonds. The highest BCUT2D eigenvalue weighted by atomic mass is 19.4. The fourth-order valence-corrected chi connectivity index (χ4v) is 3.39. The lowest BCUT2D eigenvalue weighted by molar-refractivity contribution is -0.192. The number of aliphatic carboxylic acids is 1. The van der Waals surface area contributed by atoms with Crippen LogP contribution in [0, 0.1) is 5.92 Å². The summed E-state index contributed by atoms with van der Waals surface area (Å²) in [6.45, 7) is 7.38. The van der Waals surface area contributed by atoms with Crippen molar-refractivity contribution in [3.05, 3.63) is 41.1 Å². The van der Waals surface area contributed by atoms with Gasteiger partial charge in [0, 0.05) is 43.9 Å². The van der Waals surface area contributed by atoms with Gasteiger partial charge < -0.3 is 14.3 Å². The van der Waals surface area contributed by atoms with E-state index in [9.17, 15) is 13.2 Å². The summed E-state index contributed by atoms with van der Waals surface area (Å²) >= 11 is 0. The van der Waals surface area contributed by atoms with Crippen LogP contribution in [0.5, 0.6) is 0 Å². The molecule has 0 radical (unpaired) electrons. The smallest absolute Gasteiger partial charge is 0.475 e. The first kappa shape index (κ1) is 22.4. The standard InChI is InChI=1S/C18H25N3O2.C2HF3O2/c1-2-22-13-17-16-12-20(11-15-4-3-9-23-15)8-7-18(16)21(19-17)10-14-5-6-14;3-2(4,5)1(6)7/h3-4,9,14H,2,5-8,10-13H2,1H3;(H,6,7). The van der Waals surface area contributed by atoms with Gasteiger partial charge in [0.1, 0.15) is 5.76 Å². The zero-order chi connectivity index (χ0) is 21.7. The average Bonchev–Trinajstić information content (AvgIpc) is 3.24. The molecule has 0 spiro atoms. The van der Waals surface area contributed by atoms with Crippen molar-refractivity contribution < 1.29 is 32.2 Å². The van der Waals surface area contributed by atoms with Gasteiger partial charge in [-0.3, -0.25) is 9.58 Å². The van der Waals surface area contributed by atoms with Crippen molar-refractivity contribution in [2.45, 2.75) is 58.6 Å². The minimum Gasteiger partial charge on any atom is -0.475 e. The fraction of sp³-hybridized carbons (Fsp3) is 0.600. The number of carboxylic acids is 1. The van der Waals surface area contributed by atoms with Crippen molar-refractivity contribution in [1.82, 2.24) is 14.7 Å². The summed E-state index contributed by atoms with van der Waals surface area (Å²) in [7, 11) is 0. The molecule has 2 aromatic heterocycles. The second-order valence-electron chi connectivity index (χ2n) is 7.48. The van der Waals surface area contributed by atoms with E-state index in [4.69, 9.17) is 24.2 Å². The quantitative estimate of drug-likeness (QED) is 0.724. The first-order valence-electron chi connectivity index (χ1n) is 9.98. The van der Waals surface area contributed by atoms with Gasteiger partial charge in [-0.15, -0.1) is 0 Å². The number of aromatic nitrogens is 2. The number of halogens is 3. The summed E-state index contributed by atoms with van der Waals surface area (Å²) < 4.78 is 45.2. The second-order valence-corrected chi connectivity index (χ2v) is 7.48. The molecule has 166 valence electrons. The number of hydrogen-bond acceptors (Lipinski definition) is 5. The predicted molar refractivity (Wildman–Crippen MR) is 100 cm³/mol. The van der Waals surface area contributed by atoms with Crippen LogP contribution in [-0.2, 0) is 42.2 Å². The van der Waals surface area contributed by atoms with E-state index in [-0.39, 0.29) is 0 Å². The van der Waals surface area contributed by atoms with Gasteiger partial charge in [0.25, 0.3) is 0 Å². The van der Waals surface area contributed by atoms with Crippen molar-refractivity contribution in [2.24, 2.45) is 5.92 Å². The van der Waals surface area contributed by atoms with E-state index in [0.717, 1.165) is 56.6 Å². The lowest BCUT2D eigenvalue weighted by Crippen LogP contribution is -2.31.